The monoisotopic (exact) mass is 419 g/mol. The van der Waals surface area contributed by atoms with Gasteiger partial charge in [-0.15, -0.1) is 0 Å². The van der Waals surface area contributed by atoms with Crippen LogP contribution in [0.2, 0.25) is 0 Å². The summed E-state index contributed by atoms with van der Waals surface area (Å²) in [5, 5.41) is 11.1. The zero-order valence-corrected chi connectivity index (χ0v) is 17.6. The molecule has 6 heteroatoms. The van der Waals surface area contributed by atoms with E-state index in [1.807, 2.05) is 60.7 Å². The number of aliphatic hydroxyl groups excluding tert-OH is 1. The fourth-order valence-corrected chi connectivity index (χ4v) is 2.79. The van der Waals surface area contributed by atoms with Gasteiger partial charge in [0.05, 0.1) is 18.3 Å². The number of carbonyl (C=O) groups excluding carboxylic acids is 1. The number of esters is 1. The summed E-state index contributed by atoms with van der Waals surface area (Å²) < 4.78 is 15.9. The Morgan fingerprint density at radius 1 is 1.10 bits per heavy atom. The third kappa shape index (κ3) is 6.17. The molecular formula is C25H25NO5. The number of ether oxygens (including phenoxy) is 3. The Morgan fingerprint density at radius 3 is 2.68 bits per heavy atom. The van der Waals surface area contributed by atoms with Crippen LogP contribution in [0.1, 0.15) is 18.2 Å². The van der Waals surface area contributed by atoms with E-state index < -0.39 is 12.1 Å². The van der Waals surface area contributed by atoms with Gasteiger partial charge in [0.15, 0.2) is 11.5 Å². The summed E-state index contributed by atoms with van der Waals surface area (Å²) in [7, 11) is 1.55. The van der Waals surface area contributed by atoms with Crippen LogP contribution in [0.5, 0.6) is 11.5 Å². The Labute approximate surface area is 181 Å². The standard InChI is InChI=1S/C25H25NO5/c1-17(2)25(28)31-16-21(27)15-30-23-13-9-18(14-24(23)29-3)8-11-20-12-10-19-6-4-5-7-22(19)26-20/h4-14,21,27H,1,15-16H2,2-3H3/b11-8+. The van der Waals surface area contributed by atoms with E-state index in [2.05, 4.69) is 11.6 Å². The van der Waals surface area contributed by atoms with E-state index in [-0.39, 0.29) is 18.8 Å². The third-order valence-corrected chi connectivity index (χ3v) is 4.44. The lowest BCUT2D eigenvalue weighted by atomic mass is 10.1. The lowest BCUT2D eigenvalue weighted by Crippen LogP contribution is -2.25. The van der Waals surface area contributed by atoms with Crippen LogP contribution < -0.4 is 9.47 Å². The fourth-order valence-electron chi connectivity index (χ4n) is 2.79. The van der Waals surface area contributed by atoms with Gasteiger partial charge in [-0.05, 0) is 42.8 Å². The maximum Gasteiger partial charge on any atom is 0.333 e. The second-order valence-electron chi connectivity index (χ2n) is 7.02. The van der Waals surface area contributed by atoms with Gasteiger partial charge in [-0.1, -0.05) is 43.0 Å². The van der Waals surface area contributed by atoms with Crippen LogP contribution >= 0.6 is 0 Å². The SMILES string of the molecule is C=C(C)C(=O)OCC(O)COc1ccc(/C=C/c2ccc3ccccc3n2)cc1OC. The molecule has 0 radical (unpaired) electrons. The predicted molar refractivity (Wildman–Crippen MR) is 121 cm³/mol. The number of nitrogens with zero attached hydrogens (tertiary/aromatic N) is 1. The quantitative estimate of drug-likeness (QED) is 0.412. The van der Waals surface area contributed by atoms with Gasteiger partial charge < -0.3 is 19.3 Å². The highest BCUT2D eigenvalue weighted by Gasteiger charge is 2.12. The van der Waals surface area contributed by atoms with E-state index in [1.165, 1.54) is 0 Å². The summed E-state index contributed by atoms with van der Waals surface area (Å²) >= 11 is 0. The van der Waals surface area contributed by atoms with Crippen molar-refractivity contribution in [2.45, 2.75) is 13.0 Å². The smallest absolute Gasteiger partial charge is 0.333 e. The number of hydrogen-bond donors (Lipinski definition) is 1. The highest BCUT2D eigenvalue weighted by molar-refractivity contribution is 5.86. The Balaban J connectivity index is 1.62. The van der Waals surface area contributed by atoms with Gasteiger partial charge in [0, 0.05) is 11.0 Å². The first kappa shape index (κ1) is 22.1. The topological polar surface area (TPSA) is 77.9 Å². The molecule has 0 aliphatic heterocycles. The maximum atomic E-state index is 11.4. The normalized spacial score (nSPS) is 12.0. The molecule has 2 aromatic carbocycles. The Bertz CT molecular complexity index is 1110. The number of pyridine rings is 1. The maximum absolute atomic E-state index is 11.4. The first-order chi connectivity index (χ1) is 15.0. The number of rotatable bonds is 9. The Kier molecular flexibility index (Phi) is 7.40. The molecule has 3 aromatic rings. The highest BCUT2D eigenvalue weighted by atomic mass is 16.6. The van der Waals surface area contributed by atoms with E-state index in [4.69, 9.17) is 14.2 Å². The molecule has 3 rings (SSSR count). The van der Waals surface area contributed by atoms with Crippen molar-refractivity contribution in [1.29, 1.82) is 0 Å². The van der Waals surface area contributed by atoms with Crippen molar-refractivity contribution in [2.75, 3.05) is 20.3 Å². The largest absolute Gasteiger partial charge is 0.493 e. The molecule has 6 nitrogen and oxygen atoms in total. The highest BCUT2D eigenvalue weighted by Crippen LogP contribution is 2.29. The second-order valence-corrected chi connectivity index (χ2v) is 7.02. The molecule has 0 spiro atoms. The van der Waals surface area contributed by atoms with Crippen molar-refractivity contribution in [2.24, 2.45) is 0 Å². The van der Waals surface area contributed by atoms with Crippen LogP contribution in [0.4, 0.5) is 0 Å². The zero-order chi connectivity index (χ0) is 22.2. The third-order valence-electron chi connectivity index (χ3n) is 4.44. The molecule has 0 aliphatic carbocycles. The molecule has 1 unspecified atom stereocenters. The average molecular weight is 419 g/mol. The number of hydrogen-bond acceptors (Lipinski definition) is 6. The molecule has 31 heavy (non-hydrogen) atoms. The molecule has 0 saturated heterocycles. The molecule has 0 saturated carbocycles. The van der Waals surface area contributed by atoms with Crippen LogP contribution in [0.3, 0.4) is 0 Å². The van der Waals surface area contributed by atoms with Gasteiger partial charge >= 0.3 is 5.97 Å². The van der Waals surface area contributed by atoms with Crippen LogP contribution in [0.15, 0.2) is 66.7 Å². The number of fused-ring (bicyclic) bond motifs is 1. The van der Waals surface area contributed by atoms with Crippen LogP contribution in [0, 0.1) is 0 Å². The Morgan fingerprint density at radius 2 is 1.90 bits per heavy atom. The number of benzene rings is 2. The minimum atomic E-state index is -0.966. The van der Waals surface area contributed by atoms with Gasteiger partial charge in [-0.2, -0.15) is 0 Å². The predicted octanol–water partition coefficient (Wildman–Crippen LogP) is 4.27. The first-order valence-corrected chi connectivity index (χ1v) is 9.81. The molecule has 1 atom stereocenters. The van der Waals surface area contributed by atoms with E-state index >= 15 is 0 Å². The molecule has 1 heterocycles. The van der Waals surface area contributed by atoms with E-state index in [0.29, 0.717) is 11.5 Å². The average Bonchev–Trinajstić information content (AvgIpc) is 2.79. The molecule has 1 N–H and O–H groups in total. The summed E-state index contributed by atoms with van der Waals surface area (Å²) in [4.78, 5) is 16.0. The van der Waals surface area contributed by atoms with Crippen molar-refractivity contribution in [3.05, 3.63) is 78.0 Å². The van der Waals surface area contributed by atoms with Crippen molar-refractivity contribution >= 4 is 29.0 Å². The lowest BCUT2D eigenvalue weighted by Gasteiger charge is -2.15. The molecule has 0 fully saturated rings. The number of methoxy groups -OCH3 is 1. The Hall–Kier alpha value is -3.64. The lowest BCUT2D eigenvalue weighted by molar-refractivity contribution is -0.142. The minimum absolute atomic E-state index is 0.0456. The van der Waals surface area contributed by atoms with Crippen molar-refractivity contribution in [3.8, 4) is 11.5 Å². The number of carbonyl (C=O) groups is 1. The van der Waals surface area contributed by atoms with Crippen LogP contribution in [-0.4, -0.2) is 42.5 Å². The van der Waals surface area contributed by atoms with Crippen LogP contribution in [-0.2, 0) is 9.53 Å². The number of aromatic nitrogens is 1. The van der Waals surface area contributed by atoms with Crippen molar-refractivity contribution < 1.29 is 24.1 Å². The minimum Gasteiger partial charge on any atom is -0.493 e. The first-order valence-electron chi connectivity index (χ1n) is 9.81. The molecule has 1 aromatic heterocycles. The van der Waals surface area contributed by atoms with Crippen LogP contribution in [0.25, 0.3) is 23.1 Å². The summed E-state index contributed by atoms with van der Waals surface area (Å²) in [6, 6.07) is 17.4. The molecular weight excluding hydrogens is 394 g/mol. The van der Waals surface area contributed by atoms with Gasteiger partial charge in [0.2, 0.25) is 0 Å². The van der Waals surface area contributed by atoms with Gasteiger partial charge in [0.25, 0.3) is 0 Å². The molecule has 160 valence electrons. The summed E-state index contributed by atoms with van der Waals surface area (Å²) in [5.41, 5.74) is 2.98. The number of aliphatic hydroxyl groups is 1. The number of para-hydroxylation sites is 1. The van der Waals surface area contributed by atoms with Gasteiger partial charge in [0.1, 0.15) is 19.3 Å². The van der Waals surface area contributed by atoms with E-state index in [0.717, 1.165) is 22.2 Å². The van der Waals surface area contributed by atoms with Crippen molar-refractivity contribution in [3.63, 3.8) is 0 Å². The van der Waals surface area contributed by atoms with Gasteiger partial charge in [-0.25, -0.2) is 9.78 Å². The van der Waals surface area contributed by atoms with Crippen molar-refractivity contribution in [1.82, 2.24) is 4.98 Å². The van der Waals surface area contributed by atoms with E-state index in [1.54, 1.807) is 20.1 Å². The van der Waals surface area contributed by atoms with Gasteiger partial charge in [-0.3, -0.25) is 0 Å². The summed E-state index contributed by atoms with van der Waals surface area (Å²) in [6.07, 6.45) is 2.91. The second kappa shape index (κ2) is 10.4. The summed E-state index contributed by atoms with van der Waals surface area (Å²) in [6.45, 7) is 4.82. The summed E-state index contributed by atoms with van der Waals surface area (Å²) in [5.74, 6) is 0.460. The molecule has 0 amide bonds. The fraction of sp³-hybridized carbons (Fsp3) is 0.200. The zero-order valence-electron chi connectivity index (χ0n) is 17.6. The van der Waals surface area contributed by atoms with E-state index in [9.17, 15) is 9.90 Å². The molecule has 0 aliphatic rings. The molecule has 0 bridgehead atoms.